The highest BCUT2D eigenvalue weighted by Crippen LogP contribution is 2.29. The van der Waals surface area contributed by atoms with Gasteiger partial charge in [-0.15, -0.1) is 11.3 Å². The van der Waals surface area contributed by atoms with Gasteiger partial charge in [-0.25, -0.2) is 13.4 Å². The Bertz CT molecular complexity index is 1120. The van der Waals surface area contributed by atoms with Gasteiger partial charge in [-0.2, -0.15) is 0 Å². The number of rotatable bonds is 10. The first-order chi connectivity index (χ1) is 14.9. The molecule has 0 aliphatic carbocycles. The highest BCUT2D eigenvalue weighted by molar-refractivity contribution is 7.99. The predicted molar refractivity (Wildman–Crippen MR) is 124 cm³/mol. The van der Waals surface area contributed by atoms with E-state index in [9.17, 15) is 13.2 Å². The van der Waals surface area contributed by atoms with E-state index in [1.807, 2.05) is 0 Å². The van der Waals surface area contributed by atoms with E-state index in [0.29, 0.717) is 28.7 Å². The molecule has 164 valence electrons. The van der Waals surface area contributed by atoms with Gasteiger partial charge in [0.2, 0.25) is 0 Å². The zero-order valence-corrected chi connectivity index (χ0v) is 19.7. The Morgan fingerprint density at radius 3 is 2.55 bits per heavy atom. The van der Waals surface area contributed by atoms with E-state index in [2.05, 4.69) is 15.0 Å². The molecule has 2 aromatic heterocycles. The van der Waals surface area contributed by atoms with Crippen molar-refractivity contribution in [1.29, 1.82) is 0 Å². The summed E-state index contributed by atoms with van der Waals surface area (Å²) in [5, 5.41) is 3.53. The van der Waals surface area contributed by atoms with Gasteiger partial charge >= 0.3 is 0 Å². The summed E-state index contributed by atoms with van der Waals surface area (Å²) in [4.78, 5) is 17.3. The second-order valence-electron chi connectivity index (χ2n) is 6.28. The number of benzene rings is 1. The number of sulfonamides is 1. The molecule has 1 amide bonds. The minimum absolute atomic E-state index is 0.156. The van der Waals surface area contributed by atoms with Crippen molar-refractivity contribution in [2.24, 2.45) is 0 Å². The van der Waals surface area contributed by atoms with Crippen molar-refractivity contribution in [2.45, 2.75) is 20.6 Å². The van der Waals surface area contributed by atoms with Crippen LogP contribution in [-0.2, 0) is 14.8 Å². The summed E-state index contributed by atoms with van der Waals surface area (Å²) in [5.41, 5.74) is 0.933. The molecule has 0 bridgehead atoms. The third-order valence-electron chi connectivity index (χ3n) is 3.95. The zero-order valence-electron chi connectivity index (χ0n) is 16.5. The summed E-state index contributed by atoms with van der Waals surface area (Å²) < 4.78 is 32.8. The van der Waals surface area contributed by atoms with Crippen LogP contribution in [0.3, 0.4) is 0 Å². The number of anilines is 1. The summed E-state index contributed by atoms with van der Waals surface area (Å²) >= 11 is 8.22. The van der Waals surface area contributed by atoms with Crippen LogP contribution in [0.1, 0.15) is 16.8 Å². The molecule has 0 unspecified atom stereocenters. The molecule has 0 radical (unpaired) electrons. The van der Waals surface area contributed by atoms with Crippen LogP contribution < -0.4 is 10.0 Å². The lowest BCUT2D eigenvalue weighted by Gasteiger charge is -2.08. The molecule has 7 nitrogen and oxygen atoms in total. The fourth-order valence-corrected chi connectivity index (χ4v) is 5.75. The first-order valence-corrected chi connectivity index (χ1v) is 12.7. The lowest BCUT2D eigenvalue weighted by atomic mass is 10.2. The molecule has 0 atom stereocenters. The minimum Gasteiger partial charge on any atom is -0.385 e. The van der Waals surface area contributed by atoms with Gasteiger partial charge in [0.1, 0.15) is 9.24 Å². The fourth-order valence-electron chi connectivity index (χ4n) is 2.45. The highest BCUT2D eigenvalue weighted by Gasteiger charge is 2.16. The summed E-state index contributed by atoms with van der Waals surface area (Å²) in [7, 11) is -2.05. The molecule has 0 aliphatic rings. The number of halogens is 1. The molecule has 31 heavy (non-hydrogen) atoms. The van der Waals surface area contributed by atoms with Gasteiger partial charge in [-0.05, 0) is 55.0 Å². The van der Waals surface area contributed by atoms with Crippen LogP contribution in [0.15, 0.2) is 68.9 Å². The Labute approximate surface area is 194 Å². The largest absolute Gasteiger partial charge is 0.385 e. The Kier molecular flexibility index (Phi) is 8.33. The molecule has 3 rings (SSSR count). The summed E-state index contributed by atoms with van der Waals surface area (Å²) in [6.45, 7) is 1.13. The number of amides is 1. The summed E-state index contributed by atoms with van der Waals surface area (Å²) in [5.74, 6) is -0.177. The second-order valence-corrected chi connectivity index (χ2v) is 11.0. The van der Waals surface area contributed by atoms with Crippen molar-refractivity contribution in [3.8, 4) is 0 Å². The zero-order chi connectivity index (χ0) is 22.3. The molecular weight excluding hydrogens is 478 g/mol. The van der Waals surface area contributed by atoms with Gasteiger partial charge in [0, 0.05) is 37.0 Å². The van der Waals surface area contributed by atoms with E-state index in [1.165, 1.54) is 24.0 Å². The molecule has 0 fully saturated rings. The van der Waals surface area contributed by atoms with E-state index in [-0.39, 0.29) is 10.1 Å². The second kappa shape index (κ2) is 11.0. The van der Waals surface area contributed by atoms with Gasteiger partial charge in [-0.1, -0.05) is 23.4 Å². The number of pyridine rings is 1. The van der Waals surface area contributed by atoms with Crippen molar-refractivity contribution in [3.05, 3.63) is 64.6 Å². The van der Waals surface area contributed by atoms with Gasteiger partial charge in [0.15, 0.2) is 0 Å². The van der Waals surface area contributed by atoms with E-state index >= 15 is 0 Å². The number of methoxy groups -OCH3 is 1. The number of nitrogens with one attached hydrogen (secondary N) is 2. The topological polar surface area (TPSA) is 97.4 Å². The molecule has 0 saturated carbocycles. The van der Waals surface area contributed by atoms with E-state index in [4.69, 9.17) is 16.3 Å². The molecular formula is C20H20ClN3O4S3. The van der Waals surface area contributed by atoms with Gasteiger partial charge in [0.05, 0.1) is 9.90 Å². The van der Waals surface area contributed by atoms with E-state index in [1.54, 1.807) is 49.6 Å². The molecule has 3 aromatic rings. The van der Waals surface area contributed by atoms with E-state index in [0.717, 1.165) is 27.7 Å². The first-order valence-electron chi connectivity index (χ1n) is 9.16. The molecule has 0 aliphatic heterocycles. The quantitative estimate of drug-likeness (QED) is 0.400. The van der Waals surface area contributed by atoms with E-state index < -0.39 is 10.0 Å². The lowest BCUT2D eigenvalue weighted by molar-refractivity contribution is 0.0948. The monoisotopic (exact) mass is 497 g/mol. The predicted octanol–water partition coefficient (Wildman–Crippen LogP) is 4.51. The average Bonchev–Trinajstić information content (AvgIpc) is 3.20. The number of carbonyl (C=O) groups is 1. The molecule has 2 N–H and O–H groups in total. The number of thiophene rings is 1. The maximum absolute atomic E-state index is 12.4. The Morgan fingerprint density at radius 2 is 1.94 bits per heavy atom. The van der Waals surface area contributed by atoms with Gasteiger partial charge in [0.25, 0.3) is 15.9 Å². The molecule has 1 aromatic carbocycles. The Hall–Kier alpha value is -2.11. The molecule has 11 heteroatoms. The van der Waals surface area contributed by atoms with Crippen LogP contribution in [0.25, 0.3) is 0 Å². The number of nitrogens with zero attached hydrogens (tertiary/aromatic N) is 1. The highest BCUT2D eigenvalue weighted by atomic mass is 35.5. The lowest BCUT2D eigenvalue weighted by Crippen LogP contribution is -2.25. The van der Waals surface area contributed by atoms with Crippen LogP contribution in [-0.4, -0.2) is 39.6 Å². The van der Waals surface area contributed by atoms with Crippen molar-refractivity contribution in [2.75, 3.05) is 25.0 Å². The Morgan fingerprint density at radius 1 is 1.16 bits per heavy atom. The summed E-state index contributed by atoms with van der Waals surface area (Å²) in [6, 6.07) is 13.4. The number of hydrogen-bond donors (Lipinski definition) is 2. The van der Waals surface area contributed by atoms with Crippen LogP contribution in [0, 0.1) is 0 Å². The Balaban J connectivity index is 1.56. The smallest absolute Gasteiger partial charge is 0.271 e. The third-order valence-corrected chi connectivity index (χ3v) is 8.01. The van der Waals surface area contributed by atoms with Crippen molar-refractivity contribution in [3.63, 3.8) is 0 Å². The maximum Gasteiger partial charge on any atom is 0.271 e. The normalized spacial score (nSPS) is 11.3. The van der Waals surface area contributed by atoms with Crippen LogP contribution in [0.5, 0.6) is 0 Å². The number of hydrogen-bond acceptors (Lipinski definition) is 7. The average molecular weight is 498 g/mol. The molecule has 0 saturated heterocycles. The third kappa shape index (κ3) is 6.94. The first kappa shape index (κ1) is 23.6. The fraction of sp³-hybridized carbons (Fsp3) is 0.200. The van der Waals surface area contributed by atoms with Crippen molar-refractivity contribution >= 4 is 56.3 Å². The van der Waals surface area contributed by atoms with Gasteiger partial charge < -0.3 is 10.1 Å². The van der Waals surface area contributed by atoms with Crippen molar-refractivity contribution in [1.82, 2.24) is 10.3 Å². The van der Waals surface area contributed by atoms with Crippen LogP contribution >= 0.6 is 34.7 Å². The van der Waals surface area contributed by atoms with Crippen LogP contribution in [0.4, 0.5) is 5.69 Å². The molecule has 0 spiro atoms. The number of aromatic nitrogens is 1. The minimum atomic E-state index is -3.67. The maximum atomic E-state index is 12.4. The standard InChI is InChI=1S/C20H20ClN3O4S3/c1-28-12-2-11-22-20(25)14-3-9-18(23-13-14)29-16-6-4-15(5-7-16)24-31(26,27)19-10-8-17(21)30-19/h3-10,13,24H,2,11-12H2,1H3,(H,22,25). The van der Waals surface area contributed by atoms with Crippen molar-refractivity contribution < 1.29 is 17.9 Å². The number of carbonyl (C=O) groups excluding carboxylic acids is 1. The number of ether oxygens (including phenoxy) is 1. The SMILES string of the molecule is COCCCNC(=O)c1ccc(Sc2ccc(NS(=O)(=O)c3ccc(Cl)s3)cc2)nc1. The van der Waals surface area contributed by atoms with Crippen LogP contribution in [0.2, 0.25) is 4.34 Å². The molecule has 2 heterocycles. The van der Waals surface area contributed by atoms with Gasteiger partial charge in [-0.3, -0.25) is 9.52 Å². The summed E-state index contributed by atoms with van der Waals surface area (Å²) in [6.07, 6.45) is 2.28.